The summed E-state index contributed by atoms with van der Waals surface area (Å²) in [5.74, 6) is -0.825. The van der Waals surface area contributed by atoms with Crippen LogP contribution in [0.15, 0.2) is 34.9 Å². The molecular weight excluding hydrogens is 339 g/mol. The number of carbonyl (C=O) groups is 1. The number of amides is 1. The average Bonchev–Trinajstić information content (AvgIpc) is 2.49. The van der Waals surface area contributed by atoms with Gasteiger partial charge in [0.2, 0.25) is 0 Å². The standard InChI is InChI=1S/C14H10BrFN4O/c1-18-13-10(5-9(16)7-19-13)14(21)20-12-3-2-8(6-17)4-11(12)15/h2-5,7H,1H3,(H,18,19)(H,20,21). The molecule has 2 N–H and O–H groups in total. The number of aromatic nitrogens is 1. The zero-order valence-corrected chi connectivity index (χ0v) is 12.5. The number of nitriles is 1. The smallest absolute Gasteiger partial charge is 0.259 e. The van der Waals surface area contributed by atoms with Crippen LogP contribution in [0.3, 0.4) is 0 Å². The summed E-state index contributed by atoms with van der Waals surface area (Å²) in [5.41, 5.74) is 1.03. The maximum atomic E-state index is 13.2. The van der Waals surface area contributed by atoms with E-state index in [1.54, 1.807) is 25.2 Å². The van der Waals surface area contributed by atoms with Gasteiger partial charge in [-0.15, -0.1) is 0 Å². The molecule has 0 atom stereocenters. The van der Waals surface area contributed by atoms with E-state index in [-0.39, 0.29) is 11.4 Å². The summed E-state index contributed by atoms with van der Waals surface area (Å²) < 4.78 is 13.8. The molecule has 1 amide bonds. The lowest BCUT2D eigenvalue weighted by Crippen LogP contribution is -2.15. The lowest BCUT2D eigenvalue weighted by molar-refractivity contribution is 0.102. The third kappa shape index (κ3) is 3.35. The first kappa shape index (κ1) is 14.9. The highest BCUT2D eigenvalue weighted by molar-refractivity contribution is 9.10. The maximum Gasteiger partial charge on any atom is 0.259 e. The number of hydrogen-bond donors (Lipinski definition) is 2. The molecule has 2 aromatic rings. The molecular formula is C14H10BrFN4O. The Balaban J connectivity index is 2.30. The number of carbonyl (C=O) groups excluding carboxylic acids is 1. The zero-order chi connectivity index (χ0) is 15.4. The SMILES string of the molecule is CNc1ncc(F)cc1C(=O)Nc1ccc(C#N)cc1Br. The summed E-state index contributed by atoms with van der Waals surface area (Å²) in [6.07, 6.45) is 1.03. The van der Waals surface area contributed by atoms with Crippen LogP contribution in [0.5, 0.6) is 0 Å². The Morgan fingerprint density at radius 1 is 1.43 bits per heavy atom. The molecule has 0 aliphatic carbocycles. The van der Waals surface area contributed by atoms with Gasteiger partial charge in [0.15, 0.2) is 0 Å². The fraction of sp³-hybridized carbons (Fsp3) is 0.0714. The molecule has 7 heteroatoms. The zero-order valence-electron chi connectivity index (χ0n) is 10.9. The summed E-state index contributed by atoms with van der Waals surface area (Å²) in [5, 5.41) is 14.2. The summed E-state index contributed by atoms with van der Waals surface area (Å²) in [7, 11) is 1.59. The van der Waals surface area contributed by atoms with Crippen LogP contribution in [0.4, 0.5) is 15.9 Å². The van der Waals surface area contributed by atoms with Gasteiger partial charge in [-0.25, -0.2) is 9.37 Å². The van der Waals surface area contributed by atoms with Gasteiger partial charge in [0.05, 0.1) is 29.1 Å². The molecule has 0 spiro atoms. The van der Waals surface area contributed by atoms with Crippen molar-refractivity contribution >= 4 is 33.3 Å². The number of halogens is 2. The predicted molar refractivity (Wildman–Crippen MR) is 80.6 cm³/mol. The highest BCUT2D eigenvalue weighted by atomic mass is 79.9. The second kappa shape index (κ2) is 6.33. The summed E-state index contributed by atoms with van der Waals surface area (Å²) in [6, 6.07) is 7.84. The van der Waals surface area contributed by atoms with Crippen molar-refractivity contribution in [1.82, 2.24) is 4.98 Å². The van der Waals surface area contributed by atoms with Crippen LogP contribution in [-0.2, 0) is 0 Å². The Hall–Kier alpha value is -2.46. The van der Waals surface area contributed by atoms with Crippen LogP contribution in [0.2, 0.25) is 0 Å². The van der Waals surface area contributed by atoms with Gasteiger partial charge < -0.3 is 10.6 Å². The minimum Gasteiger partial charge on any atom is -0.372 e. The first-order valence-electron chi connectivity index (χ1n) is 5.89. The van der Waals surface area contributed by atoms with E-state index >= 15 is 0 Å². The van der Waals surface area contributed by atoms with E-state index < -0.39 is 11.7 Å². The van der Waals surface area contributed by atoms with Crippen LogP contribution in [0, 0.1) is 17.1 Å². The van der Waals surface area contributed by atoms with E-state index in [9.17, 15) is 9.18 Å². The van der Waals surface area contributed by atoms with Gasteiger partial charge in [0.25, 0.3) is 5.91 Å². The van der Waals surface area contributed by atoms with Gasteiger partial charge in [-0.3, -0.25) is 4.79 Å². The van der Waals surface area contributed by atoms with Gasteiger partial charge in [-0.05, 0) is 40.2 Å². The van der Waals surface area contributed by atoms with E-state index in [4.69, 9.17) is 5.26 Å². The van der Waals surface area contributed by atoms with Crippen molar-refractivity contribution in [3.63, 3.8) is 0 Å². The van der Waals surface area contributed by atoms with Crippen molar-refractivity contribution in [2.75, 3.05) is 17.7 Å². The summed E-state index contributed by atoms with van der Waals surface area (Å²) >= 11 is 3.27. The highest BCUT2D eigenvalue weighted by Gasteiger charge is 2.14. The molecule has 1 aromatic heterocycles. The lowest BCUT2D eigenvalue weighted by Gasteiger charge is -2.10. The number of nitrogens with zero attached hydrogens (tertiary/aromatic N) is 2. The third-order valence-electron chi connectivity index (χ3n) is 2.68. The molecule has 0 fully saturated rings. The van der Waals surface area contributed by atoms with Crippen molar-refractivity contribution < 1.29 is 9.18 Å². The van der Waals surface area contributed by atoms with Crippen LogP contribution in [0.1, 0.15) is 15.9 Å². The molecule has 0 saturated carbocycles. The maximum absolute atomic E-state index is 13.2. The number of rotatable bonds is 3. The van der Waals surface area contributed by atoms with Gasteiger partial charge in [-0.1, -0.05) is 0 Å². The quantitative estimate of drug-likeness (QED) is 0.892. The van der Waals surface area contributed by atoms with Crippen LogP contribution < -0.4 is 10.6 Å². The Bertz CT molecular complexity index is 742. The van der Waals surface area contributed by atoms with Gasteiger partial charge in [0.1, 0.15) is 11.6 Å². The van der Waals surface area contributed by atoms with E-state index in [0.29, 0.717) is 15.7 Å². The Morgan fingerprint density at radius 2 is 2.19 bits per heavy atom. The summed E-state index contributed by atoms with van der Waals surface area (Å²) in [6.45, 7) is 0. The molecule has 0 bridgehead atoms. The fourth-order valence-electron chi connectivity index (χ4n) is 1.69. The fourth-order valence-corrected chi connectivity index (χ4v) is 2.17. The average molecular weight is 349 g/mol. The molecule has 0 unspecified atom stereocenters. The van der Waals surface area contributed by atoms with Crippen molar-refractivity contribution in [2.45, 2.75) is 0 Å². The molecule has 1 heterocycles. The molecule has 1 aromatic carbocycles. The van der Waals surface area contributed by atoms with Crippen molar-refractivity contribution in [3.8, 4) is 6.07 Å². The third-order valence-corrected chi connectivity index (χ3v) is 3.34. The molecule has 2 rings (SSSR count). The van der Waals surface area contributed by atoms with Crippen molar-refractivity contribution in [1.29, 1.82) is 5.26 Å². The van der Waals surface area contributed by atoms with Crippen molar-refractivity contribution in [3.05, 3.63) is 51.9 Å². The van der Waals surface area contributed by atoms with Gasteiger partial charge in [0, 0.05) is 11.5 Å². The topological polar surface area (TPSA) is 77.8 Å². The Morgan fingerprint density at radius 3 is 2.81 bits per heavy atom. The molecule has 21 heavy (non-hydrogen) atoms. The lowest BCUT2D eigenvalue weighted by atomic mass is 10.2. The number of anilines is 2. The van der Waals surface area contributed by atoms with Gasteiger partial charge >= 0.3 is 0 Å². The summed E-state index contributed by atoms with van der Waals surface area (Å²) in [4.78, 5) is 16.0. The van der Waals surface area contributed by atoms with Gasteiger partial charge in [-0.2, -0.15) is 5.26 Å². The first-order chi connectivity index (χ1) is 10.0. The minimum atomic E-state index is -0.599. The van der Waals surface area contributed by atoms with E-state index in [1.165, 1.54) is 0 Å². The Labute approximate surface area is 128 Å². The van der Waals surface area contributed by atoms with Crippen LogP contribution in [0.25, 0.3) is 0 Å². The second-order valence-electron chi connectivity index (χ2n) is 4.06. The van der Waals surface area contributed by atoms with E-state index in [1.807, 2.05) is 6.07 Å². The molecule has 106 valence electrons. The highest BCUT2D eigenvalue weighted by Crippen LogP contribution is 2.25. The van der Waals surface area contributed by atoms with E-state index in [2.05, 4.69) is 31.5 Å². The van der Waals surface area contributed by atoms with Crippen molar-refractivity contribution in [2.24, 2.45) is 0 Å². The predicted octanol–water partition coefficient (Wildman–Crippen LogP) is 3.15. The molecule has 0 aliphatic heterocycles. The van der Waals surface area contributed by atoms with Crippen LogP contribution >= 0.6 is 15.9 Å². The molecule has 0 radical (unpaired) electrons. The number of hydrogen-bond acceptors (Lipinski definition) is 4. The minimum absolute atomic E-state index is 0.0914. The normalized spacial score (nSPS) is 9.81. The number of benzene rings is 1. The molecule has 0 saturated heterocycles. The van der Waals surface area contributed by atoms with Crippen LogP contribution in [-0.4, -0.2) is 17.9 Å². The molecule has 5 nitrogen and oxygen atoms in total. The number of nitrogens with one attached hydrogen (secondary N) is 2. The Kier molecular flexibility index (Phi) is 4.50. The second-order valence-corrected chi connectivity index (χ2v) is 4.91. The monoisotopic (exact) mass is 348 g/mol. The van der Waals surface area contributed by atoms with E-state index in [0.717, 1.165) is 12.3 Å². The first-order valence-corrected chi connectivity index (χ1v) is 6.68. The molecule has 0 aliphatic rings. The number of pyridine rings is 1. The largest absolute Gasteiger partial charge is 0.372 e.